The van der Waals surface area contributed by atoms with Gasteiger partial charge in [0.25, 0.3) is 0 Å². The Balaban J connectivity index is 4.54. The van der Waals surface area contributed by atoms with Gasteiger partial charge >= 0.3 is 0 Å². The van der Waals surface area contributed by atoms with E-state index < -0.39 is 18.8 Å². The standard InChI is InChI=1S/C8H14NO3/c1-5(2)6(3-10)8(9)7(12)4-11/h7-8,11-12H,4,9H2,1-2H3. The van der Waals surface area contributed by atoms with Gasteiger partial charge in [0.1, 0.15) is 0 Å². The van der Waals surface area contributed by atoms with Gasteiger partial charge in [-0.05, 0) is 13.8 Å². The lowest BCUT2D eigenvalue weighted by molar-refractivity contribution is 0.0838. The molecule has 0 aliphatic heterocycles. The van der Waals surface area contributed by atoms with E-state index in [0.29, 0.717) is 5.57 Å². The van der Waals surface area contributed by atoms with Crippen molar-refractivity contribution in [1.82, 2.24) is 0 Å². The molecule has 0 aliphatic rings. The van der Waals surface area contributed by atoms with E-state index in [9.17, 15) is 4.79 Å². The molecule has 12 heavy (non-hydrogen) atoms. The quantitative estimate of drug-likeness (QED) is 0.480. The van der Waals surface area contributed by atoms with Crippen LogP contribution in [0.2, 0.25) is 0 Å². The minimum atomic E-state index is -1.10. The molecule has 1 radical (unpaired) electrons. The molecule has 0 heterocycles. The van der Waals surface area contributed by atoms with Crippen molar-refractivity contribution in [2.75, 3.05) is 6.61 Å². The summed E-state index contributed by atoms with van der Waals surface area (Å²) in [6.07, 6.45) is 0.549. The first kappa shape index (κ1) is 11.3. The van der Waals surface area contributed by atoms with Crippen molar-refractivity contribution in [2.24, 2.45) is 5.73 Å². The average Bonchev–Trinajstić information content (AvgIpc) is 2.03. The molecule has 0 bridgehead atoms. The molecule has 0 aliphatic carbocycles. The fraction of sp³-hybridized carbons (Fsp3) is 0.625. The molecule has 4 heteroatoms. The fourth-order valence-electron chi connectivity index (χ4n) is 0.809. The Morgan fingerprint density at radius 3 is 2.33 bits per heavy atom. The van der Waals surface area contributed by atoms with Crippen LogP contribution >= 0.6 is 0 Å². The van der Waals surface area contributed by atoms with Crippen molar-refractivity contribution in [3.63, 3.8) is 0 Å². The monoisotopic (exact) mass is 172 g/mol. The Kier molecular flexibility index (Phi) is 4.73. The third-order valence-electron chi connectivity index (χ3n) is 1.58. The number of carbonyl (C=O) groups excluding carboxylic acids is 1. The largest absolute Gasteiger partial charge is 0.394 e. The molecule has 0 aromatic carbocycles. The van der Waals surface area contributed by atoms with Gasteiger partial charge in [0.05, 0.1) is 18.8 Å². The van der Waals surface area contributed by atoms with Crippen LogP contribution in [0.3, 0.4) is 0 Å². The number of aliphatic hydroxyl groups is 2. The molecule has 0 saturated carbocycles. The van der Waals surface area contributed by atoms with Crippen molar-refractivity contribution in [2.45, 2.75) is 26.0 Å². The summed E-state index contributed by atoms with van der Waals surface area (Å²) in [7, 11) is 0. The summed E-state index contributed by atoms with van der Waals surface area (Å²) in [5.74, 6) is 0. The Labute approximate surface area is 71.7 Å². The van der Waals surface area contributed by atoms with Crippen molar-refractivity contribution >= 4 is 6.29 Å². The maximum absolute atomic E-state index is 10.4. The SMILES string of the molecule is CC(C)=C([C]=O)C(N)C(O)CO. The van der Waals surface area contributed by atoms with E-state index in [2.05, 4.69) is 0 Å². The van der Waals surface area contributed by atoms with Crippen LogP contribution in [0.1, 0.15) is 13.8 Å². The van der Waals surface area contributed by atoms with Crippen LogP contribution in [-0.2, 0) is 4.79 Å². The smallest absolute Gasteiger partial charge is 0.230 e. The van der Waals surface area contributed by atoms with Gasteiger partial charge in [0.2, 0.25) is 6.29 Å². The van der Waals surface area contributed by atoms with Crippen LogP contribution in [-0.4, -0.2) is 35.3 Å². The molecule has 0 aromatic rings. The number of allylic oxidation sites excluding steroid dienone is 1. The van der Waals surface area contributed by atoms with Gasteiger partial charge in [-0.25, -0.2) is 0 Å². The zero-order valence-corrected chi connectivity index (χ0v) is 7.24. The lowest BCUT2D eigenvalue weighted by Gasteiger charge is -2.16. The van der Waals surface area contributed by atoms with Crippen LogP contribution in [0.5, 0.6) is 0 Å². The summed E-state index contributed by atoms with van der Waals surface area (Å²) in [6, 6.07) is -0.850. The van der Waals surface area contributed by atoms with Crippen LogP contribution < -0.4 is 5.73 Å². The molecule has 69 valence electrons. The zero-order valence-electron chi connectivity index (χ0n) is 7.24. The summed E-state index contributed by atoms with van der Waals surface area (Å²) < 4.78 is 0. The lowest BCUT2D eigenvalue weighted by atomic mass is 10.00. The maximum Gasteiger partial charge on any atom is 0.230 e. The Morgan fingerprint density at radius 1 is 1.58 bits per heavy atom. The second-order valence-corrected chi connectivity index (χ2v) is 2.79. The van der Waals surface area contributed by atoms with Gasteiger partial charge in [-0.3, -0.25) is 4.79 Å². The molecule has 0 saturated heterocycles. The number of rotatable bonds is 4. The highest BCUT2D eigenvalue weighted by Gasteiger charge is 2.19. The first-order valence-corrected chi connectivity index (χ1v) is 3.64. The van der Waals surface area contributed by atoms with E-state index in [0.717, 1.165) is 0 Å². The van der Waals surface area contributed by atoms with Crippen molar-refractivity contribution < 1.29 is 15.0 Å². The molecule has 0 rings (SSSR count). The van der Waals surface area contributed by atoms with Gasteiger partial charge < -0.3 is 15.9 Å². The Hall–Kier alpha value is -0.710. The number of nitrogens with two attached hydrogens (primary N) is 1. The second kappa shape index (κ2) is 5.03. The minimum Gasteiger partial charge on any atom is -0.394 e. The molecular weight excluding hydrogens is 158 g/mol. The average molecular weight is 172 g/mol. The van der Waals surface area contributed by atoms with Gasteiger partial charge in [0, 0.05) is 5.57 Å². The van der Waals surface area contributed by atoms with Gasteiger partial charge in [-0.1, -0.05) is 5.57 Å². The summed E-state index contributed by atoms with van der Waals surface area (Å²) in [5.41, 5.74) is 6.37. The summed E-state index contributed by atoms with van der Waals surface area (Å²) in [6.45, 7) is 2.94. The molecule has 2 atom stereocenters. The summed E-state index contributed by atoms with van der Waals surface area (Å²) in [5, 5.41) is 17.6. The Bertz CT molecular complexity index is 185. The highest BCUT2D eigenvalue weighted by Crippen LogP contribution is 2.07. The number of aliphatic hydroxyl groups excluding tert-OH is 2. The second-order valence-electron chi connectivity index (χ2n) is 2.79. The molecule has 4 nitrogen and oxygen atoms in total. The first-order chi connectivity index (χ1) is 5.54. The van der Waals surface area contributed by atoms with Crippen LogP contribution in [0.15, 0.2) is 11.1 Å². The first-order valence-electron chi connectivity index (χ1n) is 3.64. The van der Waals surface area contributed by atoms with E-state index in [1.807, 2.05) is 0 Å². The van der Waals surface area contributed by atoms with E-state index in [4.69, 9.17) is 15.9 Å². The Morgan fingerprint density at radius 2 is 2.08 bits per heavy atom. The van der Waals surface area contributed by atoms with Crippen molar-refractivity contribution in [3.8, 4) is 0 Å². The number of hydrogen-bond donors (Lipinski definition) is 3. The van der Waals surface area contributed by atoms with Crippen LogP contribution in [0.25, 0.3) is 0 Å². The van der Waals surface area contributed by atoms with E-state index >= 15 is 0 Å². The molecule has 0 spiro atoms. The van der Waals surface area contributed by atoms with E-state index in [-0.39, 0.29) is 5.57 Å². The predicted octanol–water partition coefficient (Wildman–Crippen LogP) is -0.887. The molecule has 0 amide bonds. The van der Waals surface area contributed by atoms with Gasteiger partial charge in [-0.15, -0.1) is 0 Å². The summed E-state index contributed by atoms with van der Waals surface area (Å²) >= 11 is 0. The fourth-order valence-corrected chi connectivity index (χ4v) is 0.809. The highest BCUT2D eigenvalue weighted by atomic mass is 16.3. The molecule has 4 N–H and O–H groups in total. The minimum absolute atomic E-state index is 0.219. The third-order valence-corrected chi connectivity index (χ3v) is 1.58. The predicted molar refractivity (Wildman–Crippen MR) is 45.1 cm³/mol. The highest BCUT2D eigenvalue weighted by molar-refractivity contribution is 5.77. The maximum atomic E-state index is 10.4. The molecule has 0 fully saturated rings. The van der Waals surface area contributed by atoms with Crippen molar-refractivity contribution in [3.05, 3.63) is 11.1 Å². The van der Waals surface area contributed by atoms with E-state index in [1.165, 1.54) is 0 Å². The van der Waals surface area contributed by atoms with Crippen LogP contribution in [0.4, 0.5) is 0 Å². The topological polar surface area (TPSA) is 83.6 Å². The van der Waals surface area contributed by atoms with Crippen LogP contribution in [0, 0.1) is 0 Å². The molecule has 0 aromatic heterocycles. The third kappa shape index (κ3) is 2.73. The van der Waals surface area contributed by atoms with Gasteiger partial charge in [-0.2, -0.15) is 0 Å². The van der Waals surface area contributed by atoms with Gasteiger partial charge in [0.15, 0.2) is 0 Å². The lowest BCUT2D eigenvalue weighted by Crippen LogP contribution is -2.39. The zero-order chi connectivity index (χ0) is 9.72. The summed E-state index contributed by atoms with van der Waals surface area (Å²) in [4.78, 5) is 10.4. The molecular formula is C8H14NO3. The van der Waals surface area contributed by atoms with E-state index in [1.54, 1.807) is 20.1 Å². The molecule has 2 unspecified atom stereocenters. The number of hydrogen-bond acceptors (Lipinski definition) is 4. The van der Waals surface area contributed by atoms with Crippen molar-refractivity contribution in [1.29, 1.82) is 0 Å². The normalized spacial score (nSPS) is 15.1.